The molecule has 0 atom stereocenters. The summed E-state index contributed by atoms with van der Waals surface area (Å²) in [6.45, 7) is 0. The fourth-order valence-electron chi connectivity index (χ4n) is 2.09. The number of hydrogen-bond donors (Lipinski definition) is 1. The van der Waals surface area contributed by atoms with Gasteiger partial charge in [0.2, 0.25) is 11.1 Å². The molecule has 0 aliphatic heterocycles. The van der Waals surface area contributed by atoms with Gasteiger partial charge in [-0.1, -0.05) is 35.5 Å². The van der Waals surface area contributed by atoms with E-state index in [1.54, 1.807) is 12.1 Å². The maximum absolute atomic E-state index is 12.5. The maximum Gasteiger partial charge on any atom is 0.281 e. The normalized spacial score (nSPS) is 10.7. The summed E-state index contributed by atoms with van der Waals surface area (Å²) in [6.07, 6.45) is 0. The van der Waals surface area contributed by atoms with E-state index in [-0.39, 0.29) is 17.2 Å². The highest BCUT2D eigenvalue weighted by molar-refractivity contribution is 7.98. The van der Waals surface area contributed by atoms with Gasteiger partial charge in [0.25, 0.3) is 11.6 Å². The molecule has 0 aliphatic carbocycles. The Morgan fingerprint density at radius 1 is 1.19 bits per heavy atom. The molecule has 1 heterocycles. The molecule has 0 spiro atoms. The van der Waals surface area contributed by atoms with Crippen molar-refractivity contribution in [2.24, 2.45) is 0 Å². The number of non-ortho nitro benzene ring substituents is 1. The fraction of sp³-hybridized carbons (Fsp3) is 0.0625. The van der Waals surface area contributed by atoms with Crippen LogP contribution in [0.25, 0.3) is 0 Å². The van der Waals surface area contributed by atoms with Gasteiger partial charge in [0.1, 0.15) is 0 Å². The Bertz CT molecular complexity index is 957. The van der Waals surface area contributed by atoms with Crippen molar-refractivity contribution in [3.05, 3.63) is 74.8 Å². The average molecular weight is 390 g/mol. The van der Waals surface area contributed by atoms with Gasteiger partial charge in [-0.05, 0) is 29.8 Å². The van der Waals surface area contributed by atoms with Gasteiger partial charge in [-0.3, -0.25) is 14.9 Å². The number of anilines is 1. The second kappa shape index (κ2) is 7.54. The Labute approximate surface area is 157 Å². The Balaban J connectivity index is 1.73. The predicted molar refractivity (Wildman–Crippen MR) is 98.3 cm³/mol. The van der Waals surface area contributed by atoms with Crippen molar-refractivity contribution in [1.29, 1.82) is 0 Å². The molecule has 10 heteroatoms. The number of carbonyl (C=O) groups is 1. The second-order valence-corrected chi connectivity index (χ2v) is 6.57. The summed E-state index contributed by atoms with van der Waals surface area (Å²) < 4.78 is 0.978. The van der Waals surface area contributed by atoms with E-state index in [0.717, 1.165) is 10.2 Å². The van der Waals surface area contributed by atoms with Crippen molar-refractivity contribution in [2.75, 3.05) is 5.73 Å². The first-order valence-electron chi connectivity index (χ1n) is 7.33. The zero-order chi connectivity index (χ0) is 18.7. The topological polar surface area (TPSA) is 117 Å². The Morgan fingerprint density at radius 3 is 2.46 bits per heavy atom. The molecule has 3 rings (SSSR count). The van der Waals surface area contributed by atoms with E-state index in [4.69, 9.17) is 17.3 Å². The molecule has 26 heavy (non-hydrogen) atoms. The quantitative estimate of drug-likeness (QED) is 0.403. The molecule has 2 aromatic carbocycles. The number of benzene rings is 2. The molecule has 0 amide bonds. The number of halogens is 1. The van der Waals surface area contributed by atoms with Gasteiger partial charge in [0.05, 0.1) is 4.92 Å². The maximum atomic E-state index is 12.5. The third kappa shape index (κ3) is 4.01. The van der Waals surface area contributed by atoms with Crippen molar-refractivity contribution in [3.63, 3.8) is 0 Å². The van der Waals surface area contributed by atoms with Crippen LogP contribution in [0, 0.1) is 10.1 Å². The first-order chi connectivity index (χ1) is 12.4. The predicted octanol–water partition coefficient (Wildman–Crippen LogP) is 3.40. The van der Waals surface area contributed by atoms with Crippen LogP contribution in [0.1, 0.15) is 15.9 Å². The van der Waals surface area contributed by atoms with E-state index >= 15 is 0 Å². The Morgan fingerprint density at radius 2 is 1.85 bits per heavy atom. The lowest BCUT2D eigenvalue weighted by molar-refractivity contribution is -0.384. The summed E-state index contributed by atoms with van der Waals surface area (Å²) in [7, 11) is 0. The van der Waals surface area contributed by atoms with Gasteiger partial charge in [0, 0.05) is 28.5 Å². The van der Waals surface area contributed by atoms with E-state index in [0.29, 0.717) is 15.9 Å². The smallest absolute Gasteiger partial charge is 0.281 e. The highest BCUT2D eigenvalue weighted by Crippen LogP contribution is 2.22. The van der Waals surface area contributed by atoms with E-state index in [1.807, 2.05) is 12.1 Å². The Kier molecular flexibility index (Phi) is 5.19. The van der Waals surface area contributed by atoms with Gasteiger partial charge in [0.15, 0.2) is 0 Å². The number of nitrogen functional groups attached to an aromatic ring is 1. The first kappa shape index (κ1) is 17.9. The van der Waals surface area contributed by atoms with Gasteiger partial charge < -0.3 is 5.73 Å². The summed E-state index contributed by atoms with van der Waals surface area (Å²) in [5, 5.41) is 15.8. The number of carbonyl (C=O) groups excluding carboxylic acids is 1. The largest absolute Gasteiger partial charge is 0.368 e. The average Bonchev–Trinajstić information content (AvgIpc) is 3.01. The zero-order valence-electron chi connectivity index (χ0n) is 13.2. The lowest BCUT2D eigenvalue weighted by Gasteiger charge is -2.01. The number of hydrogen-bond acceptors (Lipinski definition) is 7. The lowest BCUT2D eigenvalue weighted by Crippen LogP contribution is -2.16. The number of aromatic nitrogens is 3. The van der Waals surface area contributed by atoms with Gasteiger partial charge >= 0.3 is 0 Å². The van der Waals surface area contributed by atoms with Crippen LogP contribution in [0.5, 0.6) is 0 Å². The van der Waals surface area contributed by atoms with Crippen molar-refractivity contribution < 1.29 is 9.72 Å². The van der Waals surface area contributed by atoms with Gasteiger partial charge in [-0.25, -0.2) is 0 Å². The molecular weight excluding hydrogens is 378 g/mol. The summed E-state index contributed by atoms with van der Waals surface area (Å²) in [5.74, 6) is 0.0296. The Hall–Kier alpha value is -2.91. The number of thioether (sulfide) groups is 1. The van der Waals surface area contributed by atoms with Crippen molar-refractivity contribution in [3.8, 4) is 0 Å². The minimum absolute atomic E-state index is 0.0491. The van der Waals surface area contributed by atoms with Crippen LogP contribution in [0.3, 0.4) is 0 Å². The highest BCUT2D eigenvalue weighted by Gasteiger charge is 2.17. The highest BCUT2D eigenvalue weighted by atomic mass is 35.5. The summed E-state index contributed by atoms with van der Waals surface area (Å²) in [4.78, 5) is 26.7. The van der Waals surface area contributed by atoms with Crippen LogP contribution < -0.4 is 5.73 Å². The van der Waals surface area contributed by atoms with Crippen LogP contribution in [-0.4, -0.2) is 25.6 Å². The number of nitrogens with zero attached hydrogens (tertiary/aromatic N) is 4. The van der Waals surface area contributed by atoms with E-state index in [9.17, 15) is 14.9 Å². The number of nitro benzene ring substituents is 1. The van der Waals surface area contributed by atoms with E-state index in [1.165, 1.54) is 36.0 Å². The third-order valence-corrected chi connectivity index (χ3v) is 4.57. The number of nitro groups is 1. The van der Waals surface area contributed by atoms with Crippen molar-refractivity contribution in [2.45, 2.75) is 10.9 Å². The molecule has 0 bridgehead atoms. The standard InChI is InChI=1S/C16H12ClN5O3S/c17-12-5-1-10(2-6-12)9-26-16-19-15(18)21(20-16)14(23)11-3-7-13(8-4-11)22(24)25/h1-8H,9H2,(H2,18,19,20). The first-order valence-corrected chi connectivity index (χ1v) is 8.69. The molecule has 3 aromatic rings. The number of rotatable bonds is 5. The molecule has 0 fully saturated rings. The van der Waals surface area contributed by atoms with Crippen molar-refractivity contribution >= 4 is 40.9 Å². The molecule has 1 aromatic heterocycles. The van der Waals surface area contributed by atoms with Gasteiger partial charge in [-0.15, -0.1) is 5.10 Å². The monoisotopic (exact) mass is 389 g/mol. The van der Waals surface area contributed by atoms with Gasteiger partial charge in [-0.2, -0.15) is 9.67 Å². The molecule has 8 nitrogen and oxygen atoms in total. The molecular formula is C16H12ClN5O3S. The molecule has 0 saturated heterocycles. The fourth-order valence-corrected chi connectivity index (χ4v) is 3.00. The van der Waals surface area contributed by atoms with Crippen LogP contribution in [0.2, 0.25) is 5.02 Å². The van der Waals surface area contributed by atoms with E-state index in [2.05, 4.69) is 10.1 Å². The van der Waals surface area contributed by atoms with Crippen LogP contribution in [0.4, 0.5) is 11.6 Å². The SMILES string of the molecule is Nc1nc(SCc2ccc(Cl)cc2)nn1C(=O)c1ccc([N+](=O)[O-])cc1. The van der Waals surface area contributed by atoms with Crippen LogP contribution in [0.15, 0.2) is 53.7 Å². The second-order valence-electron chi connectivity index (χ2n) is 5.19. The third-order valence-electron chi connectivity index (χ3n) is 3.41. The minimum atomic E-state index is -0.538. The van der Waals surface area contributed by atoms with E-state index < -0.39 is 10.8 Å². The number of nitrogens with two attached hydrogens (primary N) is 1. The lowest BCUT2D eigenvalue weighted by atomic mass is 10.2. The molecule has 132 valence electrons. The molecule has 0 saturated carbocycles. The molecule has 0 radical (unpaired) electrons. The van der Waals surface area contributed by atoms with Crippen LogP contribution in [-0.2, 0) is 5.75 Å². The summed E-state index contributed by atoms with van der Waals surface area (Å²) in [5.41, 5.74) is 6.92. The molecule has 0 aliphatic rings. The summed E-state index contributed by atoms with van der Waals surface area (Å²) >= 11 is 7.17. The van der Waals surface area contributed by atoms with Crippen molar-refractivity contribution in [1.82, 2.24) is 14.8 Å². The van der Waals surface area contributed by atoms with Crippen LogP contribution >= 0.6 is 23.4 Å². The minimum Gasteiger partial charge on any atom is -0.368 e. The zero-order valence-corrected chi connectivity index (χ0v) is 14.8. The summed E-state index contributed by atoms with van der Waals surface area (Å²) in [6, 6.07) is 12.5. The molecule has 2 N–H and O–H groups in total. The molecule has 0 unspecified atom stereocenters.